The Labute approximate surface area is 142 Å². The first kappa shape index (κ1) is 16.9. The molecule has 6 heteroatoms. The second-order valence-electron chi connectivity index (χ2n) is 6.52. The molecule has 2 aliphatic rings. The molecule has 0 aromatic carbocycles. The van der Waals surface area contributed by atoms with E-state index < -0.39 is 0 Å². The van der Waals surface area contributed by atoms with Gasteiger partial charge in [-0.3, -0.25) is 9.69 Å². The summed E-state index contributed by atoms with van der Waals surface area (Å²) in [5.74, 6) is -0.0441. The van der Waals surface area contributed by atoms with E-state index in [1.54, 1.807) is 24.4 Å². The smallest absolute Gasteiger partial charge is 0.357 e. The third kappa shape index (κ3) is 4.12. The molecule has 1 atom stereocenters. The number of esters is 1. The first-order valence-electron chi connectivity index (χ1n) is 8.73. The van der Waals surface area contributed by atoms with Crippen LogP contribution in [0.2, 0.25) is 0 Å². The summed E-state index contributed by atoms with van der Waals surface area (Å²) in [5.41, 5.74) is 0.346. The van der Waals surface area contributed by atoms with E-state index in [0.29, 0.717) is 18.1 Å². The molecule has 24 heavy (non-hydrogen) atoms. The number of rotatable bonds is 6. The van der Waals surface area contributed by atoms with Crippen molar-refractivity contribution in [3.8, 4) is 0 Å². The van der Waals surface area contributed by atoms with E-state index in [2.05, 4.69) is 9.88 Å². The maximum Gasteiger partial charge on any atom is 0.357 e. The molecule has 1 unspecified atom stereocenters. The molecular weight excluding hydrogens is 308 g/mol. The molecule has 0 radical (unpaired) electrons. The van der Waals surface area contributed by atoms with Crippen LogP contribution in [-0.4, -0.2) is 47.7 Å². The van der Waals surface area contributed by atoms with Crippen molar-refractivity contribution in [1.82, 2.24) is 9.88 Å². The van der Waals surface area contributed by atoms with E-state index in [0.717, 1.165) is 51.6 Å². The van der Waals surface area contributed by atoms with Crippen LogP contribution in [-0.2, 0) is 14.3 Å². The highest BCUT2D eigenvalue weighted by Gasteiger charge is 2.35. The van der Waals surface area contributed by atoms with Gasteiger partial charge in [-0.15, -0.1) is 0 Å². The highest BCUT2D eigenvalue weighted by atomic mass is 16.5. The molecule has 1 aliphatic heterocycles. The van der Waals surface area contributed by atoms with Crippen molar-refractivity contribution in [2.24, 2.45) is 5.92 Å². The van der Waals surface area contributed by atoms with Crippen molar-refractivity contribution in [3.05, 3.63) is 30.1 Å². The third-order valence-electron chi connectivity index (χ3n) is 4.97. The van der Waals surface area contributed by atoms with Gasteiger partial charge in [0.1, 0.15) is 11.8 Å². The average molecular weight is 332 g/mol. The molecule has 0 spiro atoms. The number of nitrogens with zero attached hydrogens (tertiary/aromatic N) is 2. The first-order valence-corrected chi connectivity index (χ1v) is 8.73. The summed E-state index contributed by atoms with van der Waals surface area (Å²) in [4.78, 5) is 29.2. The van der Waals surface area contributed by atoms with E-state index in [9.17, 15) is 9.59 Å². The number of pyridine rings is 1. The summed E-state index contributed by atoms with van der Waals surface area (Å²) in [6, 6.07) is 5.21. The summed E-state index contributed by atoms with van der Waals surface area (Å²) in [7, 11) is 0. The Bertz CT molecular complexity index is 537. The molecule has 6 nitrogen and oxygen atoms in total. The lowest BCUT2D eigenvalue weighted by atomic mass is 9.85. The minimum absolute atomic E-state index is 0.0776. The lowest BCUT2D eigenvalue weighted by Gasteiger charge is -2.36. The van der Waals surface area contributed by atoms with E-state index in [4.69, 9.17) is 9.47 Å². The lowest BCUT2D eigenvalue weighted by Crippen LogP contribution is -2.43. The van der Waals surface area contributed by atoms with Gasteiger partial charge in [0.05, 0.1) is 0 Å². The van der Waals surface area contributed by atoms with Crippen LogP contribution in [0, 0.1) is 5.92 Å². The highest BCUT2D eigenvalue weighted by Crippen LogP contribution is 2.32. The molecule has 0 N–H and O–H groups in total. The number of hydrogen-bond donors (Lipinski definition) is 0. The van der Waals surface area contributed by atoms with Crippen molar-refractivity contribution in [3.63, 3.8) is 0 Å². The first-order chi connectivity index (χ1) is 11.8. The summed E-state index contributed by atoms with van der Waals surface area (Å²) in [5, 5.41) is 0. The number of carbonyl (C=O) groups is 2. The van der Waals surface area contributed by atoms with Gasteiger partial charge in [-0.1, -0.05) is 6.07 Å². The van der Waals surface area contributed by atoms with E-state index in [1.165, 1.54) is 0 Å². The van der Waals surface area contributed by atoms with Crippen LogP contribution >= 0.6 is 0 Å². The molecule has 0 bridgehead atoms. The van der Waals surface area contributed by atoms with Gasteiger partial charge in [0.2, 0.25) is 0 Å². The Morgan fingerprint density at radius 2 is 1.96 bits per heavy atom. The average Bonchev–Trinajstić information content (AvgIpc) is 3.15. The van der Waals surface area contributed by atoms with Gasteiger partial charge in [0.15, 0.2) is 6.23 Å². The SMILES string of the molecule is O=COC(C1CCC(OC(=O)c2ccccn2)CC1)N1CCCC1. The molecule has 1 aliphatic carbocycles. The molecule has 1 aromatic heterocycles. The van der Waals surface area contributed by atoms with Crippen molar-refractivity contribution < 1.29 is 19.1 Å². The van der Waals surface area contributed by atoms with Crippen molar-refractivity contribution >= 4 is 12.4 Å². The van der Waals surface area contributed by atoms with Crippen molar-refractivity contribution in [2.45, 2.75) is 50.9 Å². The maximum absolute atomic E-state index is 12.1. The summed E-state index contributed by atoms with van der Waals surface area (Å²) in [6.45, 7) is 2.55. The van der Waals surface area contributed by atoms with Crippen LogP contribution in [0.5, 0.6) is 0 Å². The Kier molecular flexibility index (Phi) is 5.80. The van der Waals surface area contributed by atoms with Gasteiger partial charge in [-0.25, -0.2) is 9.78 Å². The normalized spacial score (nSPS) is 25.8. The molecule has 0 amide bonds. The van der Waals surface area contributed by atoms with Gasteiger partial charge in [-0.05, 0) is 50.7 Å². The van der Waals surface area contributed by atoms with E-state index in [1.807, 2.05) is 0 Å². The number of carbonyl (C=O) groups excluding carboxylic acids is 2. The second kappa shape index (κ2) is 8.24. The minimum Gasteiger partial charge on any atom is -0.458 e. The fourth-order valence-electron chi connectivity index (χ4n) is 3.74. The topological polar surface area (TPSA) is 68.7 Å². The van der Waals surface area contributed by atoms with Crippen LogP contribution in [0.4, 0.5) is 0 Å². The van der Waals surface area contributed by atoms with E-state index in [-0.39, 0.29) is 18.3 Å². The molecule has 3 rings (SSSR count). The zero-order chi connectivity index (χ0) is 16.8. The molecule has 1 aromatic rings. The van der Waals surface area contributed by atoms with Crippen molar-refractivity contribution in [2.75, 3.05) is 13.1 Å². The standard InChI is InChI=1S/C18H24N2O4/c21-13-23-17(20-11-3-4-12-20)14-6-8-15(9-7-14)24-18(22)16-5-1-2-10-19-16/h1-2,5,10,13-15,17H,3-4,6-9,11-12H2. The van der Waals surface area contributed by atoms with E-state index >= 15 is 0 Å². The fourth-order valence-corrected chi connectivity index (χ4v) is 3.74. The number of likely N-dealkylation sites (tertiary alicyclic amines) is 1. The Morgan fingerprint density at radius 1 is 1.21 bits per heavy atom. The number of aromatic nitrogens is 1. The van der Waals surface area contributed by atoms with Crippen LogP contribution in [0.15, 0.2) is 24.4 Å². The number of ether oxygens (including phenoxy) is 2. The molecule has 1 saturated heterocycles. The molecule has 1 saturated carbocycles. The summed E-state index contributed by atoms with van der Waals surface area (Å²) < 4.78 is 10.9. The zero-order valence-corrected chi connectivity index (χ0v) is 13.8. The maximum atomic E-state index is 12.1. The van der Waals surface area contributed by atoms with Crippen molar-refractivity contribution in [1.29, 1.82) is 0 Å². The highest BCUT2D eigenvalue weighted by molar-refractivity contribution is 5.87. The minimum atomic E-state index is -0.362. The number of hydrogen-bond acceptors (Lipinski definition) is 6. The lowest BCUT2D eigenvalue weighted by molar-refractivity contribution is -0.150. The largest absolute Gasteiger partial charge is 0.458 e. The Balaban J connectivity index is 1.51. The Morgan fingerprint density at radius 3 is 2.58 bits per heavy atom. The Hall–Kier alpha value is -1.95. The molecule has 130 valence electrons. The van der Waals surface area contributed by atoms with Crippen LogP contribution in [0.1, 0.15) is 49.0 Å². The monoisotopic (exact) mass is 332 g/mol. The molecule has 2 heterocycles. The summed E-state index contributed by atoms with van der Waals surface area (Å²) in [6.07, 6.45) is 7.11. The molecular formula is C18H24N2O4. The summed E-state index contributed by atoms with van der Waals surface area (Å²) >= 11 is 0. The van der Waals surface area contributed by atoms with Gasteiger partial charge in [0.25, 0.3) is 6.47 Å². The third-order valence-corrected chi connectivity index (χ3v) is 4.97. The van der Waals surface area contributed by atoms with Crippen LogP contribution in [0.25, 0.3) is 0 Å². The van der Waals surface area contributed by atoms with Gasteiger partial charge in [0, 0.05) is 25.2 Å². The van der Waals surface area contributed by atoms with Gasteiger partial charge < -0.3 is 9.47 Å². The zero-order valence-electron chi connectivity index (χ0n) is 13.8. The van der Waals surface area contributed by atoms with Crippen LogP contribution in [0.3, 0.4) is 0 Å². The predicted octanol–water partition coefficient (Wildman–Crippen LogP) is 2.39. The quantitative estimate of drug-likeness (QED) is 0.588. The second-order valence-corrected chi connectivity index (χ2v) is 6.52. The van der Waals surface area contributed by atoms with Crippen LogP contribution < -0.4 is 0 Å². The molecule has 2 fully saturated rings. The fraction of sp³-hybridized carbons (Fsp3) is 0.611. The predicted molar refractivity (Wildman–Crippen MR) is 87.1 cm³/mol. The van der Waals surface area contributed by atoms with Gasteiger partial charge in [-0.2, -0.15) is 0 Å². The van der Waals surface area contributed by atoms with Gasteiger partial charge >= 0.3 is 5.97 Å².